The van der Waals surface area contributed by atoms with E-state index >= 15 is 0 Å². The van der Waals surface area contributed by atoms with Crippen molar-refractivity contribution in [3.8, 4) is 0 Å². The minimum absolute atomic E-state index is 0.155. The van der Waals surface area contributed by atoms with Crippen LogP contribution < -0.4 is 5.32 Å². The Bertz CT molecular complexity index is 382. The summed E-state index contributed by atoms with van der Waals surface area (Å²) in [5.41, 5.74) is 0.397. The molecular weight excluding hydrogens is 288 g/mol. The fraction of sp³-hybridized carbons (Fsp3) is 0.538. The zero-order chi connectivity index (χ0) is 13.0. The van der Waals surface area contributed by atoms with Gasteiger partial charge in [0.2, 0.25) is 0 Å². The zero-order valence-electron chi connectivity index (χ0n) is 10.4. The second-order valence-electron chi connectivity index (χ2n) is 4.32. The normalized spacial score (nSPS) is 14.7. The average molecular weight is 306 g/mol. The molecule has 17 heavy (non-hydrogen) atoms. The van der Waals surface area contributed by atoms with Crippen LogP contribution in [0.3, 0.4) is 0 Å². The van der Waals surface area contributed by atoms with E-state index in [1.807, 2.05) is 6.92 Å². The Hall–Kier alpha value is -0.480. The van der Waals surface area contributed by atoms with Gasteiger partial charge < -0.3 is 5.32 Å². The SMILES string of the molecule is CCCC(C)C(NC)c1cc(F)c(Br)cc1F. The molecule has 0 aromatic heterocycles. The number of halogens is 3. The molecule has 0 heterocycles. The van der Waals surface area contributed by atoms with Crippen LogP contribution in [0.15, 0.2) is 16.6 Å². The summed E-state index contributed by atoms with van der Waals surface area (Å²) in [6, 6.07) is 2.30. The topological polar surface area (TPSA) is 12.0 Å². The highest BCUT2D eigenvalue weighted by Crippen LogP contribution is 2.30. The highest BCUT2D eigenvalue weighted by atomic mass is 79.9. The number of hydrogen-bond acceptors (Lipinski definition) is 1. The third-order valence-electron chi connectivity index (χ3n) is 3.00. The van der Waals surface area contributed by atoms with Crippen LogP contribution in [-0.2, 0) is 0 Å². The molecule has 0 bridgehead atoms. The van der Waals surface area contributed by atoms with Crippen molar-refractivity contribution in [3.05, 3.63) is 33.8 Å². The van der Waals surface area contributed by atoms with Crippen LogP contribution in [-0.4, -0.2) is 7.05 Å². The van der Waals surface area contributed by atoms with Crippen molar-refractivity contribution in [2.24, 2.45) is 5.92 Å². The molecule has 2 atom stereocenters. The second kappa shape index (κ2) is 6.45. The first-order chi connectivity index (χ1) is 8.01. The van der Waals surface area contributed by atoms with E-state index < -0.39 is 5.82 Å². The lowest BCUT2D eigenvalue weighted by Crippen LogP contribution is -2.24. The van der Waals surface area contributed by atoms with E-state index in [2.05, 4.69) is 28.2 Å². The van der Waals surface area contributed by atoms with Gasteiger partial charge in [-0.05, 0) is 47.4 Å². The van der Waals surface area contributed by atoms with Crippen molar-refractivity contribution >= 4 is 15.9 Å². The quantitative estimate of drug-likeness (QED) is 0.794. The highest BCUT2D eigenvalue weighted by molar-refractivity contribution is 9.10. The molecule has 4 heteroatoms. The summed E-state index contributed by atoms with van der Waals surface area (Å²) in [4.78, 5) is 0. The first kappa shape index (κ1) is 14.6. The summed E-state index contributed by atoms with van der Waals surface area (Å²) < 4.78 is 27.5. The molecule has 2 unspecified atom stereocenters. The number of nitrogens with one attached hydrogen (secondary N) is 1. The summed E-state index contributed by atoms with van der Waals surface area (Å²) in [6.07, 6.45) is 2.00. The van der Waals surface area contributed by atoms with Gasteiger partial charge in [0.05, 0.1) is 4.47 Å². The van der Waals surface area contributed by atoms with Gasteiger partial charge in [-0.15, -0.1) is 0 Å². The van der Waals surface area contributed by atoms with E-state index in [1.54, 1.807) is 7.05 Å². The van der Waals surface area contributed by atoms with Gasteiger partial charge in [-0.2, -0.15) is 0 Å². The summed E-state index contributed by atoms with van der Waals surface area (Å²) in [6.45, 7) is 4.13. The van der Waals surface area contributed by atoms with Crippen LogP contribution in [0.2, 0.25) is 0 Å². The van der Waals surface area contributed by atoms with Gasteiger partial charge in [-0.1, -0.05) is 20.3 Å². The minimum Gasteiger partial charge on any atom is -0.313 e. The average Bonchev–Trinajstić information content (AvgIpc) is 2.26. The van der Waals surface area contributed by atoms with Crippen molar-refractivity contribution in [2.75, 3.05) is 7.05 Å². The second-order valence-corrected chi connectivity index (χ2v) is 5.17. The molecule has 96 valence electrons. The monoisotopic (exact) mass is 305 g/mol. The predicted octanol–water partition coefficient (Wildman–Crippen LogP) is 4.42. The fourth-order valence-electron chi connectivity index (χ4n) is 2.14. The first-order valence-corrected chi connectivity index (χ1v) is 6.62. The maximum atomic E-state index is 13.8. The van der Waals surface area contributed by atoms with Crippen LogP contribution in [0.1, 0.15) is 38.3 Å². The molecule has 0 amide bonds. The van der Waals surface area contributed by atoms with E-state index in [4.69, 9.17) is 0 Å². The van der Waals surface area contributed by atoms with E-state index in [-0.39, 0.29) is 22.2 Å². The van der Waals surface area contributed by atoms with E-state index in [0.29, 0.717) is 5.56 Å². The van der Waals surface area contributed by atoms with Gasteiger partial charge in [0.1, 0.15) is 11.6 Å². The van der Waals surface area contributed by atoms with Crippen LogP contribution >= 0.6 is 15.9 Å². The molecule has 1 aromatic rings. The van der Waals surface area contributed by atoms with Crippen LogP contribution in [0, 0.1) is 17.6 Å². The van der Waals surface area contributed by atoms with Crippen molar-refractivity contribution in [2.45, 2.75) is 32.7 Å². The fourth-order valence-corrected chi connectivity index (χ4v) is 2.46. The van der Waals surface area contributed by atoms with Crippen LogP contribution in [0.4, 0.5) is 8.78 Å². The zero-order valence-corrected chi connectivity index (χ0v) is 11.9. The van der Waals surface area contributed by atoms with Gasteiger partial charge in [0, 0.05) is 11.6 Å². The van der Waals surface area contributed by atoms with Gasteiger partial charge in [0.25, 0.3) is 0 Å². The van der Waals surface area contributed by atoms with Gasteiger partial charge >= 0.3 is 0 Å². The summed E-state index contributed by atoms with van der Waals surface area (Å²) in [5, 5.41) is 3.07. The largest absolute Gasteiger partial charge is 0.313 e. The standard InChI is InChI=1S/C13H18BrF2N/c1-4-5-8(2)13(17-3)9-6-12(16)10(14)7-11(9)15/h6-8,13,17H,4-5H2,1-3H3. The van der Waals surface area contributed by atoms with E-state index in [1.165, 1.54) is 12.1 Å². The number of hydrogen-bond donors (Lipinski definition) is 1. The van der Waals surface area contributed by atoms with E-state index in [9.17, 15) is 8.78 Å². The Labute approximate surface area is 110 Å². The summed E-state index contributed by atoms with van der Waals surface area (Å²) in [7, 11) is 1.77. The molecule has 0 fully saturated rings. The third-order valence-corrected chi connectivity index (χ3v) is 3.61. The Balaban J connectivity index is 3.07. The Morgan fingerprint density at radius 1 is 1.29 bits per heavy atom. The van der Waals surface area contributed by atoms with Crippen molar-refractivity contribution in [1.29, 1.82) is 0 Å². The van der Waals surface area contributed by atoms with Crippen molar-refractivity contribution < 1.29 is 8.78 Å². The maximum Gasteiger partial charge on any atom is 0.137 e. The van der Waals surface area contributed by atoms with Crippen LogP contribution in [0.5, 0.6) is 0 Å². The number of benzene rings is 1. The Kier molecular flexibility index (Phi) is 5.53. The smallest absolute Gasteiger partial charge is 0.137 e. The molecule has 0 saturated heterocycles. The lowest BCUT2D eigenvalue weighted by atomic mass is 9.91. The molecule has 0 aliphatic carbocycles. The summed E-state index contributed by atoms with van der Waals surface area (Å²) in [5.74, 6) is -0.536. The van der Waals surface area contributed by atoms with Gasteiger partial charge in [-0.25, -0.2) is 8.78 Å². The van der Waals surface area contributed by atoms with E-state index in [0.717, 1.165) is 12.8 Å². The van der Waals surface area contributed by atoms with Crippen LogP contribution in [0.25, 0.3) is 0 Å². The lowest BCUT2D eigenvalue weighted by molar-refractivity contribution is 0.370. The van der Waals surface area contributed by atoms with Crippen molar-refractivity contribution in [1.82, 2.24) is 5.32 Å². The van der Waals surface area contributed by atoms with Gasteiger partial charge in [-0.3, -0.25) is 0 Å². The highest BCUT2D eigenvalue weighted by Gasteiger charge is 2.21. The van der Waals surface area contributed by atoms with Gasteiger partial charge in [0.15, 0.2) is 0 Å². The summed E-state index contributed by atoms with van der Waals surface area (Å²) >= 11 is 2.98. The molecular formula is C13H18BrF2N. The molecule has 1 nitrogen and oxygen atoms in total. The molecule has 1 N–H and O–H groups in total. The number of rotatable bonds is 5. The molecule has 0 radical (unpaired) electrons. The first-order valence-electron chi connectivity index (χ1n) is 5.83. The Morgan fingerprint density at radius 2 is 1.94 bits per heavy atom. The molecule has 0 aliphatic heterocycles. The maximum absolute atomic E-state index is 13.8. The molecule has 1 rings (SSSR count). The van der Waals surface area contributed by atoms with Crippen molar-refractivity contribution in [3.63, 3.8) is 0 Å². The predicted molar refractivity (Wildman–Crippen MR) is 69.9 cm³/mol. The Morgan fingerprint density at radius 3 is 2.47 bits per heavy atom. The lowest BCUT2D eigenvalue weighted by Gasteiger charge is -2.24. The minimum atomic E-state index is -0.426. The molecule has 0 aliphatic rings. The third kappa shape index (κ3) is 3.49. The molecule has 1 aromatic carbocycles. The molecule has 0 saturated carbocycles. The molecule has 0 spiro atoms.